The maximum Gasteiger partial charge on any atom is 0.287 e. The zero-order valence-electron chi connectivity index (χ0n) is 8.42. The molecule has 80 valence electrons. The predicted molar refractivity (Wildman–Crippen MR) is 54.7 cm³/mol. The molecule has 1 aliphatic heterocycles. The Balaban J connectivity index is 1.65. The molecule has 0 bridgehead atoms. The number of rotatable bonds is 3. The Morgan fingerprint density at radius 3 is 2.87 bits per heavy atom. The van der Waals surface area contributed by atoms with Gasteiger partial charge >= 0.3 is 0 Å². The molecule has 1 aromatic rings. The summed E-state index contributed by atoms with van der Waals surface area (Å²) >= 11 is 0. The van der Waals surface area contributed by atoms with Crippen molar-refractivity contribution >= 4 is 5.91 Å². The van der Waals surface area contributed by atoms with Crippen LogP contribution in [0.4, 0.5) is 0 Å². The van der Waals surface area contributed by atoms with Crippen molar-refractivity contribution < 1.29 is 4.79 Å². The quantitative estimate of drug-likeness (QED) is 0.651. The van der Waals surface area contributed by atoms with E-state index in [1.807, 2.05) is 0 Å². The Hall–Kier alpha value is -1.36. The maximum absolute atomic E-state index is 11.7. The summed E-state index contributed by atoms with van der Waals surface area (Å²) in [5.41, 5.74) is 1.10. The molecular formula is C10H14N4O. The molecule has 0 radical (unpaired) electrons. The molecular weight excluding hydrogens is 192 g/mol. The molecule has 0 aromatic carbocycles. The first-order chi connectivity index (χ1) is 7.33. The minimum atomic E-state index is -0.0894. The van der Waals surface area contributed by atoms with Gasteiger partial charge in [0, 0.05) is 30.9 Å². The molecule has 1 amide bonds. The van der Waals surface area contributed by atoms with E-state index in [0.29, 0.717) is 11.7 Å². The summed E-state index contributed by atoms with van der Waals surface area (Å²) in [6, 6.07) is 0.270. The molecule has 2 fully saturated rings. The number of hydrogen-bond donors (Lipinski definition) is 3. The van der Waals surface area contributed by atoms with Crippen LogP contribution >= 0.6 is 0 Å². The topological polar surface area (TPSA) is 69.8 Å². The van der Waals surface area contributed by atoms with Crippen molar-refractivity contribution in [2.45, 2.75) is 24.8 Å². The summed E-state index contributed by atoms with van der Waals surface area (Å²) in [5, 5.41) is 6.02. The van der Waals surface area contributed by atoms with Crippen LogP contribution in [0.15, 0.2) is 6.20 Å². The number of aromatic amines is 1. The largest absolute Gasteiger partial charge is 0.344 e. The monoisotopic (exact) mass is 206 g/mol. The van der Waals surface area contributed by atoms with E-state index in [0.717, 1.165) is 18.8 Å². The molecule has 3 N–H and O–H groups in total. The van der Waals surface area contributed by atoms with Crippen LogP contribution in [-0.2, 0) is 0 Å². The average Bonchev–Trinajstić information content (AvgIpc) is 2.90. The summed E-state index contributed by atoms with van der Waals surface area (Å²) in [4.78, 5) is 18.9. The van der Waals surface area contributed by atoms with Crippen molar-refractivity contribution in [1.29, 1.82) is 0 Å². The number of aromatic nitrogens is 2. The first-order valence-electron chi connectivity index (χ1n) is 5.39. The Labute approximate surface area is 87.7 Å². The first-order valence-corrected chi connectivity index (χ1v) is 5.39. The van der Waals surface area contributed by atoms with Gasteiger partial charge in [-0.3, -0.25) is 4.79 Å². The minimum absolute atomic E-state index is 0.0894. The second kappa shape index (κ2) is 3.34. The van der Waals surface area contributed by atoms with E-state index in [4.69, 9.17) is 0 Å². The van der Waals surface area contributed by atoms with Gasteiger partial charge in [-0.2, -0.15) is 0 Å². The molecule has 2 aliphatic rings. The van der Waals surface area contributed by atoms with Gasteiger partial charge in [0.25, 0.3) is 5.91 Å². The van der Waals surface area contributed by atoms with Crippen molar-refractivity contribution in [3.63, 3.8) is 0 Å². The highest BCUT2D eigenvalue weighted by Crippen LogP contribution is 2.38. The van der Waals surface area contributed by atoms with E-state index in [1.54, 1.807) is 6.20 Å². The lowest BCUT2D eigenvalue weighted by Crippen LogP contribution is -2.57. The Morgan fingerprint density at radius 1 is 1.47 bits per heavy atom. The lowest BCUT2D eigenvalue weighted by molar-refractivity contribution is 0.0914. The molecule has 1 aromatic heterocycles. The smallest absolute Gasteiger partial charge is 0.287 e. The number of nitrogens with zero attached hydrogens (tertiary/aromatic N) is 1. The van der Waals surface area contributed by atoms with Gasteiger partial charge in [-0.15, -0.1) is 0 Å². The fourth-order valence-electron chi connectivity index (χ4n) is 1.70. The molecule has 5 nitrogen and oxygen atoms in total. The van der Waals surface area contributed by atoms with Gasteiger partial charge < -0.3 is 15.6 Å². The van der Waals surface area contributed by atoms with E-state index < -0.39 is 0 Å². The molecule has 0 spiro atoms. The third-order valence-electron chi connectivity index (χ3n) is 2.94. The number of carbonyl (C=O) groups excluding carboxylic acids is 1. The summed E-state index contributed by atoms with van der Waals surface area (Å²) in [5.74, 6) is 0.974. The van der Waals surface area contributed by atoms with Gasteiger partial charge in [-0.1, -0.05) is 0 Å². The zero-order chi connectivity index (χ0) is 10.3. The summed E-state index contributed by atoms with van der Waals surface area (Å²) in [7, 11) is 0. The van der Waals surface area contributed by atoms with Gasteiger partial charge in [0.05, 0.1) is 6.04 Å². The van der Waals surface area contributed by atoms with Gasteiger partial charge in [-0.05, 0) is 12.8 Å². The van der Waals surface area contributed by atoms with E-state index in [2.05, 4.69) is 20.6 Å². The zero-order valence-corrected chi connectivity index (χ0v) is 8.42. The molecule has 1 aliphatic carbocycles. The Morgan fingerprint density at radius 2 is 2.27 bits per heavy atom. The fraction of sp³-hybridized carbons (Fsp3) is 0.600. The first kappa shape index (κ1) is 8.91. The highest BCUT2D eigenvalue weighted by atomic mass is 16.2. The van der Waals surface area contributed by atoms with Crippen LogP contribution in [0, 0.1) is 0 Å². The second-order valence-corrected chi connectivity index (χ2v) is 4.29. The van der Waals surface area contributed by atoms with E-state index in [9.17, 15) is 4.79 Å². The molecule has 0 unspecified atom stereocenters. The van der Waals surface area contributed by atoms with Crippen molar-refractivity contribution in [2.24, 2.45) is 0 Å². The highest BCUT2D eigenvalue weighted by molar-refractivity contribution is 5.90. The van der Waals surface area contributed by atoms with Crippen molar-refractivity contribution in [1.82, 2.24) is 20.6 Å². The van der Waals surface area contributed by atoms with Crippen LogP contribution < -0.4 is 10.6 Å². The second-order valence-electron chi connectivity index (χ2n) is 4.29. The van der Waals surface area contributed by atoms with Gasteiger partial charge in [0.15, 0.2) is 5.82 Å². The number of hydrogen-bond acceptors (Lipinski definition) is 3. The van der Waals surface area contributed by atoms with Crippen molar-refractivity contribution in [3.8, 4) is 0 Å². The lowest BCUT2D eigenvalue weighted by Gasteiger charge is -2.27. The minimum Gasteiger partial charge on any atom is -0.344 e. The standard InChI is InChI=1S/C10H14N4O/c15-10(13-7-3-11-4-7)9-12-5-8(14-9)6-1-2-6/h5-7,11H,1-4H2,(H,12,14)(H,13,15). The SMILES string of the molecule is O=C(NC1CNC1)c1ncc(C2CC2)[nH]1. The molecule has 2 heterocycles. The van der Waals surface area contributed by atoms with Crippen LogP contribution in [-0.4, -0.2) is 35.0 Å². The lowest BCUT2D eigenvalue weighted by atomic mass is 10.2. The molecule has 0 atom stereocenters. The highest BCUT2D eigenvalue weighted by Gasteiger charge is 2.27. The van der Waals surface area contributed by atoms with Gasteiger partial charge in [0.1, 0.15) is 0 Å². The number of amides is 1. The average molecular weight is 206 g/mol. The molecule has 1 saturated carbocycles. The van der Waals surface area contributed by atoms with Crippen molar-refractivity contribution in [2.75, 3.05) is 13.1 Å². The third kappa shape index (κ3) is 1.74. The molecule has 1 saturated heterocycles. The summed E-state index contributed by atoms with van der Waals surface area (Å²) in [6.07, 6.45) is 4.22. The fourth-order valence-corrected chi connectivity index (χ4v) is 1.70. The normalized spacial score (nSPS) is 21.1. The van der Waals surface area contributed by atoms with E-state index >= 15 is 0 Å². The van der Waals surface area contributed by atoms with E-state index in [1.165, 1.54) is 12.8 Å². The van der Waals surface area contributed by atoms with E-state index in [-0.39, 0.29) is 11.9 Å². The Kier molecular flexibility index (Phi) is 1.98. The number of nitrogens with one attached hydrogen (secondary N) is 3. The van der Waals surface area contributed by atoms with Gasteiger partial charge in [0.2, 0.25) is 0 Å². The van der Waals surface area contributed by atoms with Crippen LogP contribution in [0.1, 0.15) is 35.1 Å². The number of carbonyl (C=O) groups is 1. The predicted octanol–water partition coefficient (Wildman–Crippen LogP) is -0.0113. The van der Waals surface area contributed by atoms with Crippen LogP contribution in [0.3, 0.4) is 0 Å². The summed E-state index contributed by atoms with van der Waals surface area (Å²) < 4.78 is 0. The third-order valence-corrected chi connectivity index (χ3v) is 2.94. The van der Waals surface area contributed by atoms with Crippen molar-refractivity contribution in [3.05, 3.63) is 17.7 Å². The van der Waals surface area contributed by atoms with Crippen LogP contribution in [0.2, 0.25) is 0 Å². The molecule has 3 rings (SSSR count). The van der Waals surface area contributed by atoms with Crippen LogP contribution in [0.25, 0.3) is 0 Å². The van der Waals surface area contributed by atoms with Gasteiger partial charge in [-0.25, -0.2) is 4.98 Å². The Bertz CT molecular complexity index is 379. The molecule has 15 heavy (non-hydrogen) atoms. The van der Waals surface area contributed by atoms with Crippen LogP contribution in [0.5, 0.6) is 0 Å². The number of H-pyrrole nitrogens is 1. The molecule has 5 heteroatoms. The maximum atomic E-state index is 11.7. The number of imidazole rings is 1. The summed E-state index contributed by atoms with van der Waals surface area (Å²) in [6.45, 7) is 1.73.